The molecule has 0 aromatic carbocycles. The van der Waals surface area contributed by atoms with E-state index in [1.807, 2.05) is 14.7 Å². The van der Waals surface area contributed by atoms with Crippen LogP contribution in [0.3, 0.4) is 0 Å². The van der Waals surface area contributed by atoms with E-state index in [0.29, 0.717) is 30.3 Å². The van der Waals surface area contributed by atoms with Crippen molar-refractivity contribution in [2.75, 3.05) is 52.5 Å². The summed E-state index contributed by atoms with van der Waals surface area (Å²) >= 11 is 0. The van der Waals surface area contributed by atoms with E-state index < -0.39 is 0 Å². The van der Waals surface area contributed by atoms with Crippen molar-refractivity contribution in [1.82, 2.24) is 14.7 Å². The molecule has 0 bridgehead atoms. The predicted octanol–water partition coefficient (Wildman–Crippen LogP) is 4.41. The van der Waals surface area contributed by atoms with Crippen molar-refractivity contribution in [1.29, 1.82) is 0 Å². The lowest BCUT2D eigenvalue weighted by atomic mass is 10.0. The number of ether oxygens (including phenoxy) is 1. The Labute approximate surface area is 242 Å². The smallest absolute Gasteiger partial charge is 0.227 e. The SMILES string of the molecule is CCCCCCCCC(O)COCC(O)CCCCCCCC.O=C1C=C(N2CC2)C(=O)C(N2CC2)=C1N1CC1. The van der Waals surface area contributed by atoms with Gasteiger partial charge in [0.05, 0.1) is 31.1 Å². The molecule has 3 heterocycles. The molecule has 3 aliphatic heterocycles. The van der Waals surface area contributed by atoms with Crippen LogP contribution in [0.5, 0.6) is 0 Å². The van der Waals surface area contributed by atoms with Crippen LogP contribution in [0.1, 0.15) is 104 Å². The Hall–Kier alpha value is -1.90. The molecular formula is C32H55N3O5. The van der Waals surface area contributed by atoms with Crippen molar-refractivity contribution in [3.8, 4) is 0 Å². The van der Waals surface area contributed by atoms with E-state index in [-0.39, 0.29) is 23.8 Å². The number of allylic oxidation sites excluding steroid dienone is 1. The number of ketones is 2. The van der Waals surface area contributed by atoms with Crippen LogP contribution in [-0.4, -0.2) is 101 Å². The summed E-state index contributed by atoms with van der Waals surface area (Å²) in [5, 5.41) is 19.7. The Morgan fingerprint density at radius 1 is 0.650 bits per heavy atom. The molecule has 8 heteroatoms. The zero-order chi connectivity index (χ0) is 28.7. The highest BCUT2D eigenvalue weighted by atomic mass is 16.5. The lowest BCUT2D eigenvalue weighted by Crippen LogP contribution is -2.29. The van der Waals surface area contributed by atoms with Crippen LogP contribution in [0.4, 0.5) is 0 Å². The first kappa shape index (κ1) is 32.6. The number of carbonyl (C=O) groups excluding carboxylic acids is 2. The van der Waals surface area contributed by atoms with Gasteiger partial charge in [-0.25, -0.2) is 0 Å². The van der Waals surface area contributed by atoms with Crippen molar-refractivity contribution in [3.05, 3.63) is 23.2 Å². The Morgan fingerprint density at radius 2 is 1.07 bits per heavy atom. The topological polar surface area (TPSA) is 92.9 Å². The van der Waals surface area contributed by atoms with Crippen molar-refractivity contribution < 1.29 is 24.5 Å². The maximum atomic E-state index is 12.4. The standard InChI is InChI=1S/C20H42O3.C12H13N3O2/c1-3-5-7-9-11-13-15-19(21)17-23-18-20(22)16-14-12-10-8-6-4-2;16-9-7-8(13-1-2-13)12(17)11(15-5-6-15)10(9)14-3-4-14/h19-22H,3-18H2,1-2H3;7H,1-6H2. The second kappa shape index (κ2) is 17.8. The largest absolute Gasteiger partial charge is 0.391 e. The minimum atomic E-state index is -0.373. The number of nitrogens with zero attached hydrogens (tertiary/aromatic N) is 3. The van der Waals surface area contributed by atoms with Crippen LogP contribution >= 0.6 is 0 Å². The molecule has 0 amide bonds. The molecule has 3 fully saturated rings. The summed E-state index contributed by atoms with van der Waals surface area (Å²) in [7, 11) is 0. The Balaban J connectivity index is 0.000000227. The molecule has 0 aromatic rings. The van der Waals surface area contributed by atoms with Gasteiger partial charge in [0.25, 0.3) is 0 Å². The van der Waals surface area contributed by atoms with Gasteiger partial charge in [-0.2, -0.15) is 0 Å². The van der Waals surface area contributed by atoms with Crippen LogP contribution in [0.25, 0.3) is 0 Å². The molecule has 0 spiro atoms. The van der Waals surface area contributed by atoms with E-state index in [2.05, 4.69) is 13.8 Å². The fourth-order valence-electron chi connectivity index (χ4n) is 5.10. The quantitative estimate of drug-likeness (QED) is 0.121. The first-order valence-corrected chi connectivity index (χ1v) is 16.2. The number of aliphatic hydroxyl groups is 2. The number of hydrogen-bond donors (Lipinski definition) is 2. The van der Waals surface area contributed by atoms with Gasteiger partial charge in [-0.3, -0.25) is 9.59 Å². The lowest BCUT2D eigenvalue weighted by Gasteiger charge is -2.21. The summed E-state index contributed by atoms with van der Waals surface area (Å²) in [6.07, 6.45) is 17.4. The minimum Gasteiger partial charge on any atom is -0.391 e. The fraction of sp³-hybridized carbons (Fsp3) is 0.812. The summed E-state index contributed by atoms with van der Waals surface area (Å²) in [5.41, 5.74) is 1.89. The summed E-state index contributed by atoms with van der Waals surface area (Å²) in [6, 6.07) is 0. The molecule has 0 aromatic heterocycles. The molecule has 2 atom stereocenters. The summed E-state index contributed by atoms with van der Waals surface area (Å²) in [6.45, 7) is 10.6. The molecular weight excluding hydrogens is 506 g/mol. The van der Waals surface area contributed by atoms with Crippen molar-refractivity contribution in [3.63, 3.8) is 0 Å². The first-order valence-electron chi connectivity index (χ1n) is 16.2. The van der Waals surface area contributed by atoms with Crippen molar-refractivity contribution >= 4 is 11.6 Å². The number of rotatable bonds is 21. The third kappa shape index (κ3) is 11.9. The summed E-state index contributed by atoms with van der Waals surface area (Å²) < 4.78 is 5.45. The number of unbranched alkanes of at least 4 members (excludes halogenated alkanes) is 10. The van der Waals surface area contributed by atoms with Crippen molar-refractivity contribution in [2.45, 2.75) is 116 Å². The van der Waals surface area contributed by atoms with Crippen molar-refractivity contribution in [2.24, 2.45) is 0 Å². The number of carbonyl (C=O) groups is 2. The van der Waals surface area contributed by atoms with Crippen LogP contribution < -0.4 is 0 Å². The molecule has 0 saturated carbocycles. The monoisotopic (exact) mass is 561 g/mol. The highest BCUT2D eigenvalue weighted by Crippen LogP contribution is 2.34. The van der Waals surface area contributed by atoms with Crippen LogP contribution in [0.2, 0.25) is 0 Å². The highest BCUT2D eigenvalue weighted by Gasteiger charge is 2.43. The lowest BCUT2D eigenvalue weighted by molar-refractivity contribution is -0.117. The average Bonchev–Trinajstić information content (AvgIpc) is 3.76. The second-order valence-corrected chi connectivity index (χ2v) is 11.8. The van der Waals surface area contributed by atoms with Crippen LogP contribution in [0, 0.1) is 0 Å². The fourth-order valence-corrected chi connectivity index (χ4v) is 5.10. The Morgan fingerprint density at radius 3 is 1.52 bits per heavy atom. The van der Waals surface area contributed by atoms with Gasteiger partial charge in [-0.15, -0.1) is 0 Å². The van der Waals surface area contributed by atoms with E-state index in [1.165, 1.54) is 70.3 Å². The molecule has 228 valence electrons. The first-order chi connectivity index (χ1) is 19.5. The van der Waals surface area contributed by atoms with Crippen LogP contribution in [-0.2, 0) is 14.3 Å². The maximum Gasteiger partial charge on any atom is 0.227 e. The molecule has 1 aliphatic carbocycles. The third-order valence-electron chi connectivity index (χ3n) is 7.89. The second-order valence-electron chi connectivity index (χ2n) is 11.8. The summed E-state index contributed by atoms with van der Waals surface area (Å²) in [5.74, 6) is 0.0485. The van der Waals surface area contributed by atoms with E-state index in [0.717, 1.165) is 65.0 Å². The van der Waals surface area contributed by atoms with Gasteiger partial charge in [0.2, 0.25) is 11.6 Å². The normalized spacial score (nSPS) is 19.4. The van der Waals surface area contributed by atoms with Gasteiger partial charge in [-0.05, 0) is 12.8 Å². The minimum absolute atomic E-state index is 0.00546. The van der Waals surface area contributed by atoms with Gasteiger partial charge < -0.3 is 29.6 Å². The third-order valence-corrected chi connectivity index (χ3v) is 7.89. The number of aliphatic hydroxyl groups excluding tert-OH is 2. The predicted molar refractivity (Wildman–Crippen MR) is 159 cm³/mol. The Kier molecular flexibility index (Phi) is 14.5. The molecule has 8 nitrogen and oxygen atoms in total. The van der Waals surface area contributed by atoms with E-state index in [4.69, 9.17) is 4.74 Å². The number of Topliss-reactive ketones (excluding diaryl/α,β-unsaturated/α-hetero) is 1. The van der Waals surface area contributed by atoms with E-state index >= 15 is 0 Å². The molecule has 4 aliphatic rings. The summed E-state index contributed by atoms with van der Waals surface area (Å²) in [4.78, 5) is 30.5. The highest BCUT2D eigenvalue weighted by molar-refractivity contribution is 6.22. The van der Waals surface area contributed by atoms with Gasteiger partial charge in [0, 0.05) is 45.3 Å². The molecule has 0 radical (unpaired) electrons. The van der Waals surface area contributed by atoms with Gasteiger partial charge in [0.1, 0.15) is 11.4 Å². The molecule has 4 rings (SSSR count). The molecule has 2 N–H and O–H groups in total. The van der Waals surface area contributed by atoms with Crippen LogP contribution in [0.15, 0.2) is 23.2 Å². The molecule has 2 unspecified atom stereocenters. The Bertz CT molecular complexity index is 823. The van der Waals surface area contributed by atoms with Gasteiger partial charge in [0.15, 0.2) is 0 Å². The van der Waals surface area contributed by atoms with E-state index in [9.17, 15) is 19.8 Å². The molecule has 40 heavy (non-hydrogen) atoms. The van der Waals surface area contributed by atoms with Gasteiger partial charge in [-0.1, -0.05) is 90.9 Å². The average molecular weight is 562 g/mol. The zero-order valence-corrected chi connectivity index (χ0v) is 25.2. The maximum absolute atomic E-state index is 12.4. The zero-order valence-electron chi connectivity index (χ0n) is 25.2. The van der Waals surface area contributed by atoms with Gasteiger partial charge >= 0.3 is 0 Å². The number of hydrogen-bond acceptors (Lipinski definition) is 8. The molecule has 3 saturated heterocycles. The van der Waals surface area contributed by atoms with E-state index in [1.54, 1.807) is 0 Å².